The number of rotatable bonds is 4. The van der Waals surface area contributed by atoms with Gasteiger partial charge < -0.3 is 5.11 Å². The van der Waals surface area contributed by atoms with Crippen molar-refractivity contribution in [3.63, 3.8) is 0 Å². The standard InChI is InChI=1S/C17H13F3N4O2/c1-3-8-24-15(25)11(9-21)10(2)14(16(24)26)23-22-13-7-5-4-6-12(13)17(18,19)20/h3-7,25H,1,8H2,2H3. The van der Waals surface area contributed by atoms with Gasteiger partial charge in [0.25, 0.3) is 5.56 Å². The smallest absolute Gasteiger partial charge is 0.418 e. The third kappa shape index (κ3) is 3.49. The van der Waals surface area contributed by atoms with E-state index in [0.29, 0.717) is 0 Å². The van der Waals surface area contributed by atoms with Crippen LogP contribution in [0.5, 0.6) is 5.88 Å². The molecule has 0 fully saturated rings. The van der Waals surface area contributed by atoms with Gasteiger partial charge in [-0.3, -0.25) is 9.36 Å². The molecule has 134 valence electrons. The van der Waals surface area contributed by atoms with Gasteiger partial charge in [0.15, 0.2) is 5.69 Å². The summed E-state index contributed by atoms with van der Waals surface area (Å²) < 4.78 is 39.9. The molecular formula is C17H13F3N4O2. The molecule has 0 aliphatic heterocycles. The Hall–Kier alpha value is -3.41. The first kappa shape index (κ1) is 18.9. The molecule has 0 spiro atoms. The SMILES string of the molecule is C=CCn1c(O)c(C#N)c(C)c(N=Nc2ccccc2C(F)(F)F)c1=O. The molecule has 0 unspecified atom stereocenters. The molecule has 2 aromatic rings. The fourth-order valence-electron chi connectivity index (χ4n) is 2.26. The average molecular weight is 362 g/mol. The Morgan fingerprint density at radius 2 is 2.00 bits per heavy atom. The molecule has 1 N–H and O–H groups in total. The number of allylic oxidation sites excluding steroid dienone is 1. The van der Waals surface area contributed by atoms with Crippen LogP contribution < -0.4 is 5.56 Å². The number of hydrogen-bond acceptors (Lipinski definition) is 5. The molecule has 6 nitrogen and oxygen atoms in total. The monoisotopic (exact) mass is 362 g/mol. The third-order valence-corrected chi connectivity index (χ3v) is 3.55. The zero-order valence-corrected chi connectivity index (χ0v) is 13.6. The summed E-state index contributed by atoms with van der Waals surface area (Å²) in [4.78, 5) is 12.4. The predicted octanol–water partition coefficient (Wildman–Crippen LogP) is 4.35. The van der Waals surface area contributed by atoms with Gasteiger partial charge in [0.2, 0.25) is 5.88 Å². The van der Waals surface area contributed by atoms with Gasteiger partial charge in [0.1, 0.15) is 11.6 Å². The summed E-state index contributed by atoms with van der Waals surface area (Å²) >= 11 is 0. The Morgan fingerprint density at radius 1 is 1.35 bits per heavy atom. The van der Waals surface area contributed by atoms with Crippen molar-refractivity contribution in [2.24, 2.45) is 10.2 Å². The second-order valence-corrected chi connectivity index (χ2v) is 5.20. The minimum Gasteiger partial charge on any atom is -0.493 e. The van der Waals surface area contributed by atoms with Gasteiger partial charge in [0, 0.05) is 12.1 Å². The van der Waals surface area contributed by atoms with Crippen molar-refractivity contribution in [3.8, 4) is 11.9 Å². The number of aromatic hydroxyl groups is 1. The fraction of sp³-hybridized carbons (Fsp3) is 0.176. The van der Waals surface area contributed by atoms with E-state index in [0.717, 1.165) is 16.7 Å². The van der Waals surface area contributed by atoms with Gasteiger partial charge in [-0.05, 0) is 19.1 Å². The number of halogens is 3. The quantitative estimate of drug-likeness (QED) is 0.647. The lowest BCUT2D eigenvalue weighted by Crippen LogP contribution is -2.21. The second-order valence-electron chi connectivity index (χ2n) is 5.20. The molecule has 1 aromatic carbocycles. The second kappa shape index (κ2) is 7.23. The van der Waals surface area contributed by atoms with Crippen LogP contribution in [0.1, 0.15) is 16.7 Å². The molecule has 9 heteroatoms. The van der Waals surface area contributed by atoms with Crippen LogP contribution >= 0.6 is 0 Å². The largest absolute Gasteiger partial charge is 0.493 e. The number of nitriles is 1. The van der Waals surface area contributed by atoms with Gasteiger partial charge in [-0.2, -0.15) is 18.4 Å². The number of alkyl halides is 3. The summed E-state index contributed by atoms with van der Waals surface area (Å²) in [6.07, 6.45) is -3.32. The van der Waals surface area contributed by atoms with E-state index in [-0.39, 0.29) is 23.4 Å². The zero-order valence-electron chi connectivity index (χ0n) is 13.6. The van der Waals surface area contributed by atoms with Gasteiger partial charge in [-0.15, -0.1) is 16.8 Å². The molecule has 0 saturated carbocycles. The summed E-state index contributed by atoms with van der Waals surface area (Å²) in [5, 5.41) is 26.4. The summed E-state index contributed by atoms with van der Waals surface area (Å²) in [5.74, 6) is -0.565. The Kier molecular flexibility index (Phi) is 5.26. The summed E-state index contributed by atoms with van der Waals surface area (Å²) in [6.45, 7) is 4.68. The molecule has 0 amide bonds. The molecule has 0 saturated heterocycles. The highest BCUT2D eigenvalue weighted by atomic mass is 19.4. The Morgan fingerprint density at radius 3 is 2.58 bits per heavy atom. The zero-order chi connectivity index (χ0) is 19.5. The van der Waals surface area contributed by atoms with Crippen molar-refractivity contribution in [3.05, 3.63) is 64.0 Å². The van der Waals surface area contributed by atoms with Crippen molar-refractivity contribution >= 4 is 11.4 Å². The first-order chi connectivity index (χ1) is 12.2. The van der Waals surface area contributed by atoms with Crippen molar-refractivity contribution in [1.82, 2.24) is 4.57 Å². The lowest BCUT2D eigenvalue weighted by Gasteiger charge is -2.11. The van der Waals surface area contributed by atoms with Crippen LogP contribution in [0.2, 0.25) is 0 Å². The van der Waals surface area contributed by atoms with Gasteiger partial charge in [-0.25, -0.2) is 0 Å². The predicted molar refractivity (Wildman–Crippen MR) is 87.6 cm³/mol. The maximum absolute atomic E-state index is 13.0. The first-order valence-corrected chi connectivity index (χ1v) is 7.27. The summed E-state index contributed by atoms with van der Waals surface area (Å²) in [6, 6.07) is 6.24. The number of nitrogens with zero attached hydrogens (tertiary/aromatic N) is 4. The number of benzene rings is 1. The maximum atomic E-state index is 13.0. The molecule has 0 bridgehead atoms. The molecule has 0 atom stereocenters. The molecular weight excluding hydrogens is 349 g/mol. The Balaban J connectivity index is 2.67. The van der Waals surface area contributed by atoms with Gasteiger partial charge in [-0.1, -0.05) is 18.2 Å². The topological polar surface area (TPSA) is 90.7 Å². The first-order valence-electron chi connectivity index (χ1n) is 7.27. The van der Waals surface area contributed by atoms with Gasteiger partial charge in [0.05, 0.1) is 11.3 Å². The minimum absolute atomic E-state index is 0.0172. The molecule has 0 radical (unpaired) electrons. The molecule has 0 aliphatic carbocycles. The van der Waals surface area contributed by atoms with Crippen LogP contribution in [0.25, 0.3) is 0 Å². The molecule has 1 aromatic heterocycles. The van der Waals surface area contributed by atoms with Crippen LogP contribution in [-0.2, 0) is 12.7 Å². The normalized spacial score (nSPS) is 11.5. The van der Waals surface area contributed by atoms with E-state index in [1.165, 1.54) is 25.1 Å². The fourth-order valence-corrected chi connectivity index (χ4v) is 2.26. The molecule has 1 heterocycles. The van der Waals surface area contributed by atoms with Crippen molar-refractivity contribution in [1.29, 1.82) is 5.26 Å². The van der Waals surface area contributed by atoms with Crippen LogP contribution in [0.15, 0.2) is 51.9 Å². The average Bonchev–Trinajstić information content (AvgIpc) is 2.58. The van der Waals surface area contributed by atoms with E-state index < -0.39 is 28.9 Å². The highest BCUT2D eigenvalue weighted by Gasteiger charge is 2.33. The van der Waals surface area contributed by atoms with E-state index in [1.54, 1.807) is 6.07 Å². The summed E-state index contributed by atoms with van der Waals surface area (Å²) in [7, 11) is 0. The number of hydrogen-bond donors (Lipinski definition) is 1. The van der Waals surface area contributed by atoms with E-state index in [9.17, 15) is 28.3 Å². The molecule has 2 rings (SSSR count). The highest BCUT2D eigenvalue weighted by molar-refractivity contribution is 5.57. The van der Waals surface area contributed by atoms with Crippen LogP contribution in [0.4, 0.5) is 24.5 Å². The van der Waals surface area contributed by atoms with E-state index in [1.807, 2.05) is 0 Å². The van der Waals surface area contributed by atoms with E-state index in [2.05, 4.69) is 16.8 Å². The van der Waals surface area contributed by atoms with E-state index >= 15 is 0 Å². The summed E-state index contributed by atoms with van der Waals surface area (Å²) in [5.41, 5.74) is -2.81. The Labute approximate surface area is 146 Å². The Bertz CT molecular complexity index is 985. The number of azo groups is 1. The third-order valence-electron chi connectivity index (χ3n) is 3.55. The number of aromatic nitrogens is 1. The van der Waals surface area contributed by atoms with E-state index in [4.69, 9.17) is 0 Å². The highest BCUT2D eigenvalue weighted by Crippen LogP contribution is 2.37. The van der Waals surface area contributed by atoms with Crippen LogP contribution in [-0.4, -0.2) is 9.67 Å². The van der Waals surface area contributed by atoms with Crippen molar-refractivity contribution < 1.29 is 18.3 Å². The number of pyridine rings is 1. The van der Waals surface area contributed by atoms with Crippen LogP contribution in [0.3, 0.4) is 0 Å². The lowest BCUT2D eigenvalue weighted by atomic mass is 10.1. The minimum atomic E-state index is -4.64. The van der Waals surface area contributed by atoms with Crippen molar-refractivity contribution in [2.75, 3.05) is 0 Å². The molecule has 0 aliphatic rings. The van der Waals surface area contributed by atoms with Gasteiger partial charge >= 0.3 is 6.18 Å². The maximum Gasteiger partial charge on any atom is 0.418 e. The van der Waals surface area contributed by atoms with Crippen molar-refractivity contribution in [2.45, 2.75) is 19.6 Å². The molecule has 26 heavy (non-hydrogen) atoms. The lowest BCUT2D eigenvalue weighted by molar-refractivity contribution is -0.137. The van der Waals surface area contributed by atoms with Crippen LogP contribution in [0, 0.1) is 18.3 Å².